The third kappa shape index (κ3) is 5.64. The van der Waals surface area contributed by atoms with E-state index >= 15 is 0 Å². The molecule has 0 aliphatic carbocycles. The molecule has 1 N–H and O–H groups in total. The second-order valence-electron chi connectivity index (χ2n) is 6.60. The summed E-state index contributed by atoms with van der Waals surface area (Å²) in [6, 6.07) is 6.13. The minimum absolute atomic E-state index is 0.698. The molecule has 2 aromatic rings. The summed E-state index contributed by atoms with van der Waals surface area (Å²) in [5.41, 5.74) is 2.25. The van der Waals surface area contributed by atoms with Crippen LogP contribution in [0, 0.1) is 6.92 Å². The van der Waals surface area contributed by atoms with Crippen LogP contribution in [0.4, 0.5) is 11.8 Å². The van der Waals surface area contributed by atoms with Crippen LogP contribution in [0.15, 0.2) is 30.6 Å². The van der Waals surface area contributed by atoms with E-state index in [-0.39, 0.29) is 0 Å². The van der Waals surface area contributed by atoms with Crippen LogP contribution in [0.3, 0.4) is 0 Å². The molecular formula is C19H28N6O. The predicted molar refractivity (Wildman–Crippen MR) is 104 cm³/mol. The van der Waals surface area contributed by atoms with Crippen molar-refractivity contribution in [3.8, 4) is 0 Å². The molecule has 0 spiro atoms. The van der Waals surface area contributed by atoms with Crippen LogP contribution < -0.4 is 10.2 Å². The summed E-state index contributed by atoms with van der Waals surface area (Å²) in [5.74, 6) is 1.64. The number of aromatic nitrogens is 3. The highest BCUT2D eigenvalue weighted by Crippen LogP contribution is 2.14. The molecule has 0 atom stereocenters. The molecule has 26 heavy (non-hydrogen) atoms. The van der Waals surface area contributed by atoms with Crippen molar-refractivity contribution in [1.82, 2.24) is 19.9 Å². The zero-order valence-electron chi connectivity index (χ0n) is 15.7. The average Bonchev–Trinajstić information content (AvgIpc) is 2.67. The minimum Gasteiger partial charge on any atom is -0.379 e. The molecular weight excluding hydrogens is 328 g/mol. The van der Waals surface area contributed by atoms with Gasteiger partial charge in [0.25, 0.3) is 0 Å². The molecule has 7 heteroatoms. The third-order valence-electron chi connectivity index (χ3n) is 4.53. The number of hydrogen-bond acceptors (Lipinski definition) is 7. The van der Waals surface area contributed by atoms with Crippen molar-refractivity contribution >= 4 is 11.8 Å². The van der Waals surface area contributed by atoms with Crippen LogP contribution in [0.1, 0.15) is 11.3 Å². The van der Waals surface area contributed by atoms with Gasteiger partial charge in [-0.05, 0) is 31.0 Å². The van der Waals surface area contributed by atoms with Gasteiger partial charge in [-0.15, -0.1) is 0 Å². The number of morpholine rings is 1. The molecule has 0 bridgehead atoms. The summed E-state index contributed by atoms with van der Waals surface area (Å²) in [6.07, 6.45) is 4.63. The molecule has 2 aromatic heterocycles. The fraction of sp³-hybridized carbons (Fsp3) is 0.526. The van der Waals surface area contributed by atoms with Gasteiger partial charge in [-0.3, -0.25) is 9.88 Å². The molecule has 1 aliphatic rings. The Labute approximate surface area is 155 Å². The Hall–Kier alpha value is -2.25. The Kier molecular flexibility index (Phi) is 6.74. The second-order valence-corrected chi connectivity index (χ2v) is 6.60. The van der Waals surface area contributed by atoms with Crippen molar-refractivity contribution in [2.75, 3.05) is 63.2 Å². The lowest BCUT2D eigenvalue weighted by atomic mass is 10.2. The van der Waals surface area contributed by atoms with E-state index in [0.717, 1.165) is 63.9 Å². The van der Waals surface area contributed by atoms with Gasteiger partial charge >= 0.3 is 0 Å². The second kappa shape index (κ2) is 9.45. The summed E-state index contributed by atoms with van der Waals surface area (Å²) < 4.78 is 5.38. The molecule has 1 aliphatic heterocycles. The first-order valence-corrected chi connectivity index (χ1v) is 9.20. The summed E-state index contributed by atoms with van der Waals surface area (Å²) >= 11 is 0. The van der Waals surface area contributed by atoms with E-state index in [9.17, 15) is 0 Å². The highest BCUT2D eigenvalue weighted by Gasteiger charge is 2.11. The van der Waals surface area contributed by atoms with Crippen molar-refractivity contribution in [2.24, 2.45) is 0 Å². The number of nitrogens with one attached hydrogen (secondary N) is 1. The van der Waals surface area contributed by atoms with Crippen LogP contribution in [-0.4, -0.2) is 72.8 Å². The Morgan fingerprint density at radius 1 is 1.19 bits per heavy atom. The molecule has 140 valence electrons. The number of likely N-dealkylation sites (N-methyl/N-ethyl adjacent to an activating group) is 1. The van der Waals surface area contributed by atoms with Crippen LogP contribution in [0.5, 0.6) is 0 Å². The van der Waals surface area contributed by atoms with Crippen molar-refractivity contribution in [2.45, 2.75) is 13.3 Å². The smallest absolute Gasteiger partial charge is 0.224 e. The SMILES string of the molecule is Cc1cc(N(C)CCc2ccncc2)nc(NCCN2CCOCC2)n1. The Balaban J connectivity index is 1.52. The van der Waals surface area contributed by atoms with Gasteiger partial charge in [0.2, 0.25) is 5.95 Å². The number of anilines is 2. The Morgan fingerprint density at radius 3 is 2.73 bits per heavy atom. The Bertz CT molecular complexity index is 675. The van der Waals surface area contributed by atoms with E-state index in [4.69, 9.17) is 4.74 Å². The van der Waals surface area contributed by atoms with E-state index in [1.807, 2.05) is 25.4 Å². The number of ether oxygens (including phenoxy) is 1. The van der Waals surface area contributed by atoms with Crippen molar-refractivity contribution in [1.29, 1.82) is 0 Å². The Morgan fingerprint density at radius 2 is 1.96 bits per heavy atom. The van der Waals surface area contributed by atoms with Gasteiger partial charge in [0.05, 0.1) is 13.2 Å². The number of nitrogens with zero attached hydrogens (tertiary/aromatic N) is 5. The first-order chi connectivity index (χ1) is 12.7. The molecule has 0 unspecified atom stereocenters. The molecule has 3 rings (SSSR count). The van der Waals surface area contributed by atoms with Gasteiger partial charge in [-0.1, -0.05) is 0 Å². The van der Waals surface area contributed by atoms with Crippen LogP contribution in [0.2, 0.25) is 0 Å². The lowest BCUT2D eigenvalue weighted by Crippen LogP contribution is -2.39. The summed E-state index contributed by atoms with van der Waals surface area (Å²) in [7, 11) is 2.07. The third-order valence-corrected chi connectivity index (χ3v) is 4.53. The largest absolute Gasteiger partial charge is 0.379 e. The molecule has 0 radical (unpaired) electrons. The predicted octanol–water partition coefficient (Wildman–Crippen LogP) is 1.60. The maximum Gasteiger partial charge on any atom is 0.224 e. The van der Waals surface area contributed by atoms with Crippen LogP contribution >= 0.6 is 0 Å². The van der Waals surface area contributed by atoms with Gasteiger partial charge in [0, 0.05) is 63.9 Å². The summed E-state index contributed by atoms with van der Waals surface area (Å²) in [4.78, 5) is 17.8. The summed E-state index contributed by atoms with van der Waals surface area (Å²) in [6.45, 7) is 8.37. The number of pyridine rings is 1. The fourth-order valence-electron chi connectivity index (χ4n) is 2.94. The van der Waals surface area contributed by atoms with Crippen molar-refractivity contribution < 1.29 is 4.74 Å². The topological polar surface area (TPSA) is 66.4 Å². The number of hydrogen-bond donors (Lipinski definition) is 1. The highest BCUT2D eigenvalue weighted by molar-refractivity contribution is 5.44. The number of aryl methyl sites for hydroxylation is 1. The van der Waals surface area contributed by atoms with Gasteiger partial charge in [-0.25, -0.2) is 4.98 Å². The standard InChI is InChI=1S/C19H28N6O/c1-16-15-18(24(2)9-5-17-3-6-20-7-4-17)23-19(22-16)21-8-10-25-11-13-26-14-12-25/h3-4,6-7,15H,5,8-14H2,1-2H3,(H,21,22,23). The molecule has 3 heterocycles. The summed E-state index contributed by atoms with van der Waals surface area (Å²) in [5, 5.41) is 3.36. The zero-order chi connectivity index (χ0) is 18.2. The molecule has 1 saturated heterocycles. The van der Waals surface area contributed by atoms with Gasteiger partial charge in [-0.2, -0.15) is 4.98 Å². The minimum atomic E-state index is 0.698. The lowest BCUT2D eigenvalue weighted by molar-refractivity contribution is 0.0398. The van der Waals surface area contributed by atoms with E-state index in [1.54, 1.807) is 0 Å². The van der Waals surface area contributed by atoms with E-state index in [1.165, 1.54) is 5.56 Å². The van der Waals surface area contributed by atoms with Crippen LogP contribution in [0.25, 0.3) is 0 Å². The maximum atomic E-state index is 5.38. The zero-order valence-corrected chi connectivity index (χ0v) is 15.7. The maximum absolute atomic E-state index is 5.38. The van der Waals surface area contributed by atoms with Crippen molar-refractivity contribution in [3.05, 3.63) is 41.9 Å². The molecule has 0 aromatic carbocycles. The average molecular weight is 356 g/mol. The first-order valence-electron chi connectivity index (χ1n) is 9.20. The highest BCUT2D eigenvalue weighted by atomic mass is 16.5. The van der Waals surface area contributed by atoms with Gasteiger partial charge < -0.3 is 15.0 Å². The van der Waals surface area contributed by atoms with Gasteiger partial charge in [0.15, 0.2) is 0 Å². The molecule has 0 amide bonds. The monoisotopic (exact) mass is 356 g/mol. The number of rotatable bonds is 8. The fourth-order valence-corrected chi connectivity index (χ4v) is 2.94. The molecule has 7 nitrogen and oxygen atoms in total. The van der Waals surface area contributed by atoms with Gasteiger partial charge in [0.1, 0.15) is 5.82 Å². The van der Waals surface area contributed by atoms with Crippen LogP contribution in [-0.2, 0) is 11.2 Å². The van der Waals surface area contributed by atoms with E-state index < -0.39 is 0 Å². The lowest BCUT2D eigenvalue weighted by Gasteiger charge is -2.26. The molecule has 1 fully saturated rings. The first kappa shape index (κ1) is 18.5. The van der Waals surface area contributed by atoms with E-state index in [0.29, 0.717) is 5.95 Å². The molecule has 0 saturated carbocycles. The van der Waals surface area contributed by atoms with Crippen molar-refractivity contribution in [3.63, 3.8) is 0 Å². The van der Waals surface area contributed by atoms with E-state index in [2.05, 4.69) is 49.2 Å². The quantitative estimate of drug-likeness (QED) is 0.771. The normalized spacial score (nSPS) is 15.0.